The van der Waals surface area contributed by atoms with Gasteiger partial charge in [0.1, 0.15) is 0 Å². The van der Waals surface area contributed by atoms with E-state index in [1.807, 2.05) is 0 Å². The second kappa shape index (κ2) is 7.07. The van der Waals surface area contributed by atoms with Gasteiger partial charge in [0, 0.05) is 7.11 Å². The third-order valence-electron chi connectivity index (χ3n) is 3.21. The lowest BCUT2D eigenvalue weighted by Gasteiger charge is -2.08. The Labute approximate surface area is 114 Å². The minimum Gasteiger partial charge on any atom is -0.380 e. The van der Waals surface area contributed by atoms with E-state index in [1.54, 1.807) is 7.11 Å². The number of benzene rings is 2. The molecule has 2 rings (SSSR count). The van der Waals surface area contributed by atoms with Crippen molar-refractivity contribution in [2.24, 2.45) is 5.73 Å². The van der Waals surface area contributed by atoms with E-state index < -0.39 is 0 Å². The van der Waals surface area contributed by atoms with Crippen LogP contribution in [0.2, 0.25) is 0 Å². The molecule has 19 heavy (non-hydrogen) atoms. The predicted molar refractivity (Wildman–Crippen MR) is 82.1 cm³/mol. The average molecular weight is 255 g/mol. The lowest BCUT2D eigenvalue weighted by atomic mass is 10.0. The molecule has 0 aromatic heterocycles. The maximum Gasteiger partial charge on any atom is 0.0676 e. The number of nitrogens with two attached hydrogens (primary N) is 1. The molecular formula is C17H21NO. The number of hydrogen-bond acceptors (Lipinski definition) is 2. The minimum atomic E-state index is 0.670. The van der Waals surface area contributed by atoms with Gasteiger partial charge in [-0.15, -0.1) is 0 Å². The van der Waals surface area contributed by atoms with E-state index in [9.17, 15) is 0 Å². The fourth-order valence-electron chi connectivity index (χ4n) is 2.30. The van der Waals surface area contributed by atoms with Gasteiger partial charge in [0.25, 0.3) is 0 Å². The van der Waals surface area contributed by atoms with Gasteiger partial charge in [0.05, 0.1) is 6.61 Å². The maximum atomic E-state index is 5.59. The molecule has 0 aliphatic carbocycles. The molecule has 2 heteroatoms. The van der Waals surface area contributed by atoms with Gasteiger partial charge in [0.15, 0.2) is 0 Å². The lowest BCUT2D eigenvalue weighted by molar-refractivity contribution is 0.223. The van der Waals surface area contributed by atoms with Crippen molar-refractivity contribution in [1.82, 2.24) is 0 Å². The Bertz CT molecular complexity index is 555. The zero-order chi connectivity index (χ0) is 13.5. The fourth-order valence-corrected chi connectivity index (χ4v) is 2.30. The first-order valence-electron chi connectivity index (χ1n) is 6.71. The third kappa shape index (κ3) is 3.66. The van der Waals surface area contributed by atoms with Gasteiger partial charge in [-0.2, -0.15) is 0 Å². The first-order valence-corrected chi connectivity index (χ1v) is 6.71. The molecule has 0 unspecified atom stereocenters. The molecule has 2 aromatic carbocycles. The highest BCUT2D eigenvalue weighted by Gasteiger charge is 2.01. The first kappa shape index (κ1) is 13.8. The second-order valence-corrected chi connectivity index (χ2v) is 4.70. The average Bonchev–Trinajstić information content (AvgIpc) is 2.45. The molecule has 2 aromatic rings. The van der Waals surface area contributed by atoms with Crippen LogP contribution in [0, 0.1) is 0 Å². The van der Waals surface area contributed by atoms with Gasteiger partial charge in [-0.3, -0.25) is 0 Å². The molecule has 2 N–H and O–H groups in total. The van der Waals surface area contributed by atoms with E-state index >= 15 is 0 Å². The normalized spacial score (nSPS) is 12.0. The van der Waals surface area contributed by atoms with Crippen LogP contribution in [0.5, 0.6) is 0 Å². The van der Waals surface area contributed by atoms with E-state index in [-0.39, 0.29) is 0 Å². The number of methoxy groups -OCH3 is 1. The summed E-state index contributed by atoms with van der Waals surface area (Å²) in [5.74, 6) is 0. The van der Waals surface area contributed by atoms with Crippen molar-refractivity contribution in [3.63, 3.8) is 0 Å². The summed E-state index contributed by atoms with van der Waals surface area (Å²) in [7, 11) is 1.74. The highest BCUT2D eigenvalue weighted by Crippen LogP contribution is 2.22. The highest BCUT2D eigenvalue weighted by atomic mass is 16.5. The Morgan fingerprint density at radius 1 is 1.16 bits per heavy atom. The standard InChI is InChI=1S/C17H21NO/c1-19-13-14(6-5-11-18)12-16-9-4-8-15-7-2-3-10-17(15)16/h2-4,7-10,12H,5-6,11,13,18H2,1H3/b14-12+. The Hall–Kier alpha value is -1.64. The zero-order valence-corrected chi connectivity index (χ0v) is 11.4. The quantitative estimate of drug-likeness (QED) is 0.855. The Morgan fingerprint density at radius 3 is 2.74 bits per heavy atom. The third-order valence-corrected chi connectivity index (χ3v) is 3.21. The first-order chi connectivity index (χ1) is 9.35. The summed E-state index contributed by atoms with van der Waals surface area (Å²) >= 11 is 0. The van der Waals surface area contributed by atoms with Crippen molar-refractivity contribution in [2.75, 3.05) is 20.3 Å². The Morgan fingerprint density at radius 2 is 1.95 bits per heavy atom. The zero-order valence-electron chi connectivity index (χ0n) is 11.4. The largest absolute Gasteiger partial charge is 0.380 e. The van der Waals surface area contributed by atoms with Crippen LogP contribution in [0.25, 0.3) is 16.8 Å². The van der Waals surface area contributed by atoms with Crippen LogP contribution in [-0.4, -0.2) is 20.3 Å². The summed E-state index contributed by atoms with van der Waals surface area (Å²) < 4.78 is 5.28. The van der Waals surface area contributed by atoms with Crippen LogP contribution in [-0.2, 0) is 4.74 Å². The topological polar surface area (TPSA) is 35.2 Å². The van der Waals surface area contributed by atoms with E-state index in [1.165, 1.54) is 21.9 Å². The van der Waals surface area contributed by atoms with Crippen molar-refractivity contribution in [3.8, 4) is 0 Å². The fraction of sp³-hybridized carbons (Fsp3) is 0.294. The van der Waals surface area contributed by atoms with Gasteiger partial charge in [0.2, 0.25) is 0 Å². The molecule has 100 valence electrons. The smallest absolute Gasteiger partial charge is 0.0676 e. The van der Waals surface area contributed by atoms with Crippen LogP contribution in [0.1, 0.15) is 18.4 Å². The molecule has 0 aliphatic rings. The van der Waals surface area contributed by atoms with E-state index in [0.717, 1.165) is 19.4 Å². The van der Waals surface area contributed by atoms with E-state index in [4.69, 9.17) is 10.5 Å². The molecule has 0 amide bonds. The van der Waals surface area contributed by atoms with Crippen LogP contribution >= 0.6 is 0 Å². The summed E-state index contributed by atoms with van der Waals surface area (Å²) in [5, 5.41) is 2.55. The molecule has 0 radical (unpaired) electrons. The Balaban J connectivity index is 2.36. The lowest BCUT2D eigenvalue weighted by Crippen LogP contribution is -2.02. The van der Waals surface area contributed by atoms with Gasteiger partial charge >= 0.3 is 0 Å². The monoisotopic (exact) mass is 255 g/mol. The number of fused-ring (bicyclic) bond motifs is 1. The second-order valence-electron chi connectivity index (χ2n) is 4.70. The van der Waals surface area contributed by atoms with Crippen LogP contribution in [0.15, 0.2) is 48.0 Å². The molecule has 2 nitrogen and oxygen atoms in total. The van der Waals surface area contributed by atoms with Crippen molar-refractivity contribution < 1.29 is 4.74 Å². The number of ether oxygens (including phenoxy) is 1. The van der Waals surface area contributed by atoms with E-state index in [2.05, 4.69) is 48.5 Å². The SMILES string of the molecule is COC/C(=C/c1cccc2ccccc12)CCCN. The Kier molecular flexibility index (Phi) is 5.13. The van der Waals surface area contributed by atoms with Gasteiger partial charge in [-0.25, -0.2) is 0 Å². The molecule has 0 atom stereocenters. The summed E-state index contributed by atoms with van der Waals surface area (Å²) in [6.07, 6.45) is 4.23. The molecule has 0 aliphatic heterocycles. The predicted octanol–water partition coefficient (Wildman–Crippen LogP) is 3.61. The molecule has 0 saturated carbocycles. The maximum absolute atomic E-state index is 5.59. The van der Waals surface area contributed by atoms with Crippen molar-refractivity contribution in [1.29, 1.82) is 0 Å². The molecule has 0 fully saturated rings. The summed E-state index contributed by atoms with van der Waals surface area (Å²) in [4.78, 5) is 0. The van der Waals surface area contributed by atoms with Crippen molar-refractivity contribution >= 4 is 16.8 Å². The summed E-state index contributed by atoms with van der Waals surface area (Å²) in [6, 6.07) is 14.8. The highest BCUT2D eigenvalue weighted by molar-refractivity contribution is 5.90. The van der Waals surface area contributed by atoms with Crippen LogP contribution < -0.4 is 5.73 Å². The van der Waals surface area contributed by atoms with Crippen molar-refractivity contribution in [2.45, 2.75) is 12.8 Å². The van der Waals surface area contributed by atoms with Gasteiger partial charge in [-0.05, 0) is 41.3 Å². The molecule has 0 spiro atoms. The summed E-state index contributed by atoms with van der Waals surface area (Å²) in [6.45, 7) is 1.39. The van der Waals surface area contributed by atoms with E-state index in [0.29, 0.717) is 6.61 Å². The van der Waals surface area contributed by atoms with Gasteiger partial charge in [-0.1, -0.05) is 48.5 Å². The number of hydrogen-bond donors (Lipinski definition) is 1. The number of rotatable bonds is 6. The van der Waals surface area contributed by atoms with Crippen LogP contribution in [0.4, 0.5) is 0 Å². The molecule has 0 heterocycles. The molecule has 0 bridgehead atoms. The summed E-state index contributed by atoms with van der Waals surface area (Å²) in [5.41, 5.74) is 8.14. The van der Waals surface area contributed by atoms with Crippen LogP contribution in [0.3, 0.4) is 0 Å². The van der Waals surface area contributed by atoms with Crippen molar-refractivity contribution in [3.05, 3.63) is 53.6 Å². The van der Waals surface area contributed by atoms with Gasteiger partial charge < -0.3 is 10.5 Å². The minimum absolute atomic E-state index is 0.670. The molecule has 0 saturated heterocycles. The molecular weight excluding hydrogens is 234 g/mol.